The summed E-state index contributed by atoms with van der Waals surface area (Å²) in [5.41, 5.74) is 0. The summed E-state index contributed by atoms with van der Waals surface area (Å²) in [5, 5.41) is 9.62. The molecule has 0 spiro atoms. The van der Waals surface area contributed by atoms with E-state index in [4.69, 9.17) is 14.2 Å². The van der Waals surface area contributed by atoms with Crippen LogP contribution in [-0.2, 0) is 38.1 Å². The van der Waals surface area contributed by atoms with Gasteiger partial charge in [0, 0.05) is 13.8 Å². The molecule has 0 aromatic heterocycles. The van der Waals surface area contributed by atoms with E-state index >= 15 is 0 Å². The highest BCUT2D eigenvalue weighted by Crippen LogP contribution is 2.24. The SMILES string of the molecule is CC(=O)OC1COC(O)C(OS(C)(=O)=O)C1OC(C)=O. The average molecular weight is 312 g/mol. The van der Waals surface area contributed by atoms with Gasteiger partial charge in [-0.05, 0) is 0 Å². The van der Waals surface area contributed by atoms with Gasteiger partial charge in [0.2, 0.25) is 0 Å². The van der Waals surface area contributed by atoms with E-state index in [1.807, 2.05) is 0 Å². The zero-order valence-corrected chi connectivity index (χ0v) is 12.0. The van der Waals surface area contributed by atoms with E-state index in [2.05, 4.69) is 4.18 Å². The average Bonchev–Trinajstić information content (AvgIpc) is 2.24. The number of hydrogen-bond acceptors (Lipinski definition) is 9. The third-order valence-electron chi connectivity index (χ3n) is 2.31. The number of aliphatic hydroxyl groups is 1. The highest BCUT2D eigenvalue weighted by molar-refractivity contribution is 7.86. The van der Waals surface area contributed by atoms with Gasteiger partial charge in [-0.3, -0.25) is 13.8 Å². The number of carbonyl (C=O) groups excluding carboxylic acids is 2. The highest BCUT2D eigenvalue weighted by Gasteiger charge is 2.46. The van der Waals surface area contributed by atoms with E-state index in [1.54, 1.807) is 0 Å². The second-order valence-corrected chi connectivity index (χ2v) is 5.81. The van der Waals surface area contributed by atoms with Crippen molar-refractivity contribution < 1.29 is 41.5 Å². The molecule has 0 bridgehead atoms. The molecule has 20 heavy (non-hydrogen) atoms. The third kappa shape index (κ3) is 5.04. The largest absolute Gasteiger partial charge is 0.456 e. The molecular formula is C10H16O9S. The van der Waals surface area contributed by atoms with Crippen LogP contribution in [0.5, 0.6) is 0 Å². The van der Waals surface area contributed by atoms with Gasteiger partial charge >= 0.3 is 11.9 Å². The molecule has 0 radical (unpaired) electrons. The molecule has 0 amide bonds. The van der Waals surface area contributed by atoms with Crippen LogP contribution in [-0.4, -0.2) is 62.9 Å². The third-order valence-corrected chi connectivity index (χ3v) is 2.88. The van der Waals surface area contributed by atoms with Crippen molar-refractivity contribution in [3.8, 4) is 0 Å². The number of rotatable bonds is 4. The molecule has 9 nitrogen and oxygen atoms in total. The lowest BCUT2D eigenvalue weighted by atomic mass is 10.1. The fourth-order valence-electron chi connectivity index (χ4n) is 1.71. The monoisotopic (exact) mass is 312 g/mol. The predicted molar refractivity (Wildman–Crippen MR) is 62.8 cm³/mol. The maximum Gasteiger partial charge on any atom is 0.303 e. The number of aliphatic hydroxyl groups excluding tert-OH is 1. The minimum atomic E-state index is -3.95. The number of ether oxygens (including phenoxy) is 3. The Bertz CT molecular complexity index is 471. The Balaban J connectivity index is 2.99. The molecule has 1 N–H and O–H groups in total. The smallest absolute Gasteiger partial charge is 0.303 e. The quantitative estimate of drug-likeness (QED) is 0.489. The van der Waals surface area contributed by atoms with Crippen LogP contribution in [0.25, 0.3) is 0 Å². The van der Waals surface area contributed by atoms with Crippen molar-refractivity contribution in [1.82, 2.24) is 0 Å². The second kappa shape index (κ2) is 6.48. The molecule has 116 valence electrons. The summed E-state index contributed by atoms with van der Waals surface area (Å²) < 4.78 is 41.6. The highest BCUT2D eigenvalue weighted by atomic mass is 32.2. The standard InChI is InChI=1S/C10H16O9S/c1-5(11)17-7-4-16-10(13)9(19-20(3,14)15)8(7)18-6(2)12/h7-10,13H,4H2,1-3H3. The zero-order valence-electron chi connectivity index (χ0n) is 11.1. The van der Waals surface area contributed by atoms with Crippen LogP contribution in [0.15, 0.2) is 0 Å². The maximum absolute atomic E-state index is 11.2. The van der Waals surface area contributed by atoms with Gasteiger partial charge in [-0.15, -0.1) is 0 Å². The molecule has 0 aromatic carbocycles. The second-order valence-electron chi connectivity index (χ2n) is 4.21. The van der Waals surface area contributed by atoms with Gasteiger partial charge < -0.3 is 19.3 Å². The number of carbonyl (C=O) groups is 2. The van der Waals surface area contributed by atoms with Crippen LogP contribution in [0, 0.1) is 0 Å². The van der Waals surface area contributed by atoms with Gasteiger partial charge in [0.1, 0.15) is 0 Å². The first-order valence-electron chi connectivity index (χ1n) is 5.62. The molecule has 10 heteroatoms. The van der Waals surface area contributed by atoms with Gasteiger partial charge in [-0.2, -0.15) is 8.42 Å². The van der Waals surface area contributed by atoms with Crippen molar-refractivity contribution in [1.29, 1.82) is 0 Å². The summed E-state index contributed by atoms with van der Waals surface area (Å²) in [6.45, 7) is 1.95. The van der Waals surface area contributed by atoms with E-state index < -0.39 is 46.7 Å². The lowest BCUT2D eigenvalue weighted by Gasteiger charge is -2.38. The van der Waals surface area contributed by atoms with Gasteiger partial charge in [0.15, 0.2) is 24.6 Å². The fourth-order valence-corrected chi connectivity index (χ4v) is 2.32. The zero-order chi connectivity index (χ0) is 15.5. The Kier molecular flexibility index (Phi) is 5.45. The van der Waals surface area contributed by atoms with Crippen molar-refractivity contribution in [2.45, 2.75) is 38.4 Å². The van der Waals surface area contributed by atoms with Crippen molar-refractivity contribution in [3.63, 3.8) is 0 Å². The summed E-state index contributed by atoms with van der Waals surface area (Å²) >= 11 is 0. The van der Waals surface area contributed by atoms with Crippen molar-refractivity contribution in [2.75, 3.05) is 12.9 Å². The molecule has 4 unspecified atom stereocenters. The Labute approximate surface area is 115 Å². The normalized spacial score (nSPS) is 30.6. The summed E-state index contributed by atoms with van der Waals surface area (Å²) in [7, 11) is -3.95. The van der Waals surface area contributed by atoms with Gasteiger partial charge in [0.05, 0.1) is 12.9 Å². The summed E-state index contributed by atoms with van der Waals surface area (Å²) in [4.78, 5) is 22.0. The van der Waals surface area contributed by atoms with E-state index in [-0.39, 0.29) is 6.61 Å². The first-order chi connectivity index (χ1) is 9.10. The first-order valence-corrected chi connectivity index (χ1v) is 7.44. The molecule has 1 aliphatic heterocycles. The summed E-state index contributed by atoms with van der Waals surface area (Å²) in [5.74, 6) is -1.42. The van der Waals surface area contributed by atoms with Crippen LogP contribution < -0.4 is 0 Å². The predicted octanol–water partition coefficient (Wildman–Crippen LogP) is -1.46. The Morgan fingerprint density at radius 1 is 1.15 bits per heavy atom. The minimum absolute atomic E-state index is 0.262. The molecular weight excluding hydrogens is 296 g/mol. The Morgan fingerprint density at radius 2 is 1.70 bits per heavy atom. The van der Waals surface area contributed by atoms with Crippen LogP contribution in [0.3, 0.4) is 0 Å². The molecule has 0 aliphatic carbocycles. The lowest BCUT2D eigenvalue weighted by Crippen LogP contribution is -2.57. The Morgan fingerprint density at radius 3 is 2.15 bits per heavy atom. The summed E-state index contributed by atoms with van der Waals surface area (Å²) in [6, 6.07) is 0. The van der Waals surface area contributed by atoms with E-state index in [1.165, 1.54) is 0 Å². The molecule has 1 fully saturated rings. The van der Waals surface area contributed by atoms with Gasteiger partial charge in [0.25, 0.3) is 10.1 Å². The van der Waals surface area contributed by atoms with E-state index in [0.717, 1.165) is 20.1 Å². The van der Waals surface area contributed by atoms with Crippen LogP contribution >= 0.6 is 0 Å². The van der Waals surface area contributed by atoms with E-state index in [9.17, 15) is 23.1 Å². The topological polar surface area (TPSA) is 125 Å². The maximum atomic E-state index is 11.2. The molecule has 1 heterocycles. The minimum Gasteiger partial charge on any atom is -0.456 e. The fraction of sp³-hybridized carbons (Fsp3) is 0.800. The van der Waals surface area contributed by atoms with Crippen molar-refractivity contribution >= 4 is 22.1 Å². The van der Waals surface area contributed by atoms with Crippen molar-refractivity contribution in [2.24, 2.45) is 0 Å². The number of hydrogen-bond donors (Lipinski definition) is 1. The number of esters is 2. The van der Waals surface area contributed by atoms with Crippen LogP contribution in [0.4, 0.5) is 0 Å². The first kappa shape index (κ1) is 16.8. The van der Waals surface area contributed by atoms with Crippen molar-refractivity contribution in [3.05, 3.63) is 0 Å². The van der Waals surface area contributed by atoms with Gasteiger partial charge in [-0.1, -0.05) is 0 Å². The molecule has 4 atom stereocenters. The van der Waals surface area contributed by atoms with E-state index in [0.29, 0.717) is 0 Å². The van der Waals surface area contributed by atoms with Gasteiger partial charge in [-0.25, -0.2) is 0 Å². The molecule has 0 saturated carbocycles. The van der Waals surface area contributed by atoms with Crippen LogP contribution in [0.1, 0.15) is 13.8 Å². The molecule has 0 aromatic rings. The molecule has 1 rings (SSSR count). The lowest BCUT2D eigenvalue weighted by molar-refractivity contribution is -0.255. The van der Waals surface area contributed by atoms with Crippen LogP contribution in [0.2, 0.25) is 0 Å². The molecule has 1 aliphatic rings. The summed E-state index contributed by atoms with van der Waals surface area (Å²) in [6.07, 6.45) is -4.77. The molecule has 1 saturated heterocycles. The Hall–Kier alpha value is -1.23.